The van der Waals surface area contributed by atoms with E-state index in [0.717, 1.165) is 11.3 Å². The van der Waals surface area contributed by atoms with Crippen molar-refractivity contribution in [2.45, 2.75) is 19.8 Å². The lowest BCUT2D eigenvalue weighted by atomic mass is 10.1. The minimum Gasteiger partial charge on any atom is -0.296 e. The van der Waals surface area contributed by atoms with Crippen LogP contribution in [0.1, 0.15) is 35.3 Å². The van der Waals surface area contributed by atoms with Gasteiger partial charge in [0, 0.05) is 16.5 Å². The van der Waals surface area contributed by atoms with Gasteiger partial charge in [-0.25, -0.2) is 4.98 Å². The zero-order chi connectivity index (χ0) is 15.1. The van der Waals surface area contributed by atoms with Crippen molar-refractivity contribution in [1.29, 1.82) is 0 Å². The summed E-state index contributed by atoms with van der Waals surface area (Å²) in [5, 5.41) is 6.39. The second-order valence-electron chi connectivity index (χ2n) is 4.88. The predicted octanol–water partition coefficient (Wildman–Crippen LogP) is 4.70. The Balaban J connectivity index is 2.23. The number of rotatable bonds is 3. The summed E-state index contributed by atoms with van der Waals surface area (Å²) >= 11 is 13.6. The van der Waals surface area contributed by atoms with Crippen molar-refractivity contribution >= 4 is 45.8 Å². The van der Waals surface area contributed by atoms with Gasteiger partial charge < -0.3 is 0 Å². The van der Waals surface area contributed by atoms with Crippen LogP contribution < -0.4 is 0 Å². The number of carbonyl (C=O) groups excluding carboxylic acids is 1. The summed E-state index contributed by atoms with van der Waals surface area (Å²) in [6.07, 6.45) is 0.754. The largest absolute Gasteiger partial charge is 0.296 e. The maximum Gasteiger partial charge on any atom is 0.213 e. The average molecular weight is 340 g/mol. The Bertz CT molecular complexity index is 838. The van der Waals surface area contributed by atoms with E-state index in [1.165, 1.54) is 11.3 Å². The van der Waals surface area contributed by atoms with E-state index in [1.807, 2.05) is 0 Å². The highest BCUT2D eigenvalue weighted by atomic mass is 35.5. The molecule has 0 saturated heterocycles. The number of aromatic nitrogens is 3. The van der Waals surface area contributed by atoms with Crippen LogP contribution in [0, 0.1) is 0 Å². The normalized spacial score (nSPS) is 11.5. The van der Waals surface area contributed by atoms with Gasteiger partial charge in [0.25, 0.3) is 0 Å². The molecule has 2 heterocycles. The fourth-order valence-corrected chi connectivity index (χ4v) is 3.40. The Morgan fingerprint density at radius 2 is 2.10 bits per heavy atom. The van der Waals surface area contributed by atoms with E-state index in [9.17, 15) is 4.79 Å². The topological polar surface area (TPSA) is 47.3 Å². The highest BCUT2D eigenvalue weighted by molar-refractivity contribution is 7.16. The Labute approximate surface area is 135 Å². The summed E-state index contributed by atoms with van der Waals surface area (Å²) in [6.45, 7) is 4.10. The molecule has 0 unspecified atom stereocenters. The van der Waals surface area contributed by atoms with Crippen LogP contribution in [0.4, 0.5) is 0 Å². The molecule has 4 nitrogen and oxygen atoms in total. The maximum absolute atomic E-state index is 11.5. The summed E-state index contributed by atoms with van der Waals surface area (Å²) < 4.78 is 1.58. The molecule has 3 rings (SSSR count). The molecule has 0 amide bonds. The minimum atomic E-state index is 0.291. The van der Waals surface area contributed by atoms with Gasteiger partial charge in [0.1, 0.15) is 16.4 Å². The Kier molecular flexibility index (Phi) is 3.73. The predicted molar refractivity (Wildman–Crippen MR) is 85.8 cm³/mol. The van der Waals surface area contributed by atoms with Crippen molar-refractivity contribution in [3.05, 3.63) is 38.9 Å². The molecule has 0 aliphatic carbocycles. The monoisotopic (exact) mass is 339 g/mol. The molecule has 0 atom stereocenters. The number of fused-ring (bicyclic) bond motifs is 1. The van der Waals surface area contributed by atoms with Crippen molar-refractivity contribution in [2.24, 2.45) is 0 Å². The second kappa shape index (κ2) is 5.40. The maximum atomic E-state index is 11.5. The van der Waals surface area contributed by atoms with Crippen LogP contribution in [-0.2, 0) is 0 Å². The lowest BCUT2D eigenvalue weighted by Gasteiger charge is -2.02. The molecular weight excluding hydrogens is 329 g/mol. The molecule has 0 saturated carbocycles. The molecule has 0 aliphatic heterocycles. The van der Waals surface area contributed by atoms with Gasteiger partial charge in [-0.05, 0) is 18.2 Å². The zero-order valence-corrected chi connectivity index (χ0v) is 13.6. The summed E-state index contributed by atoms with van der Waals surface area (Å²) in [6, 6.07) is 5.11. The molecule has 21 heavy (non-hydrogen) atoms. The molecule has 0 aliphatic rings. The lowest BCUT2D eigenvalue weighted by molar-refractivity contribution is 0.111. The van der Waals surface area contributed by atoms with E-state index >= 15 is 0 Å². The smallest absolute Gasteiger partial charge is 0.213 e. The standard InChI is InChI=1S/C14H11Cl2N3OS/c1-7(2)13-18-19-11(6-20)12(17-14(19)21-13)9-4-3-8(15)5-10(9)16/h3-7H,1-2H3. The average Bonchev–Trinajstić information content (AvgIpc) is 2.95. The van der Waals surface area contributed by atoms with Gasteiger partial charge in [0.15, 0.2) is 6.29 Å². The summed E-state index contributed by atoms with van der Waals surface area (Å²) in [5.41, 5.74) is 1.60. The summed E-state index contributed by atoms with van der Waals surface area (Å²) in [4.78, 5) is 16.7. The molecule has 1 aromatic carbocycles. The SMILES string of the molecule is CC(C)c1nn2c(C=O)c(-c3ccc(Cl)cc3Cl)nc2s1. The number of imidazole rings is 1. The third-order valence-electron chi connectivity index (χ3n) is 3.05. The van der Waals surface area contributed by atoms with Gasteiger partial charge >= 0.3 is 0 Å². The van der Waals surface area contributed by atoms with Crippen LogP contribution in [0.15, 0.2) is 18.2 Å². The van der Waals surface area contributed by atoms with E-state index < -0.39 is 0 Å². The van der Waals surface area contributed by atoms with Crippen molar-refractivity contribution in [2.75, 3.05) is 0 Å². The first kappa shape index (κ1) is 14.5. The van der Waals surface area contributed by atoms with E-state index in [4.69, 9.17) is 23.2 Å². The van der Waals surface area contributed by atoms with E-state index in [-0.39, 0.29) is 0 Å². The van der Waals surface area contributed by atoms with E-state index in [0.29, 0.717) is 37.9 Å². The molecule has 7 heteroatoms. The van der Waals surface area contributed by atoms with Gasteiger partial charge in [-0.2, -0.15) is 9.61 Å². The molecule has 0 spiro atoms. The number of halogens is 2. The molecule has 0 radical (unpaired) electrons. The van der Waals surface area contributed by atoms with E-state index in [2.05, 4.69) is 23.9 Å². The summed E-state index contributed by atoms with van der Waals surface area (Å²) in [5.74, 6) is 0.291. The minimum absolute atomic E-state index is 0.291. The van der Waals surface area contributed by atoms with Crippen molar-refractivity contribution in [3.8, 4) is 11.3 Å². The van der Waals surface area contributed by atoms with Crippen LogP contribution in [0.2, 0.25) is 10.0 Å². The van der Waals surface area contributed by atoms with Crippen LogP contribution in [0.3, 0.4) is 0 Å². The molecule has 0 fully saturated rings. The second-order valence-corrected chi connectivity index (χ2v) is 6.71. The number of nitrogens with zero attached hydrogens (tertiary/aromatic N) is 3. The highest BCUT2D eigenvalue weighted by Crippen LogP contribution is 2.33. The Morgan fingerprint density at radius 3 is 2.71 bits per heavy atom. The molecule has 108 valence electrons. The van der Waals surface area contributed by atoms with Gasteiger partial charge in [0.2, 0.25) is 4.96 Å². The zero-order valence-electron chi connectivity index (χ0n) is 11.3. The van der Waals surface area contributed by atoms with Gasteiger partial charge in [0.05, 0.1) is 5.02 Å². The molecule has 3 aromatic rings. The fraction of sp³-hybridized carbons (Fsp3) is 0.214. The summed E-state index contributed by atoms with van der Waals surface area (Å²) in [7, 11) is 0. The van der Waals surface area contributed by atoms with Crippen molar-refractivity contribution in [1.82, 2.24) is 14.6 Å². The van der Waals surface area contributed by atoms with Crippen LogP contribution in [-0.4, -0.2) is 20.9 Å². The number of benzene rings is 1. The van der Waals surface area contributed by atoms with Crippen molar-refractivity contribution in [3.63, 3.8) is 0 Å². The van der Waals surface area contributed by atoms with E-state index in [1.54, 1.807) is 22.7 Å². The number of hydrogen-bond donors (Lipinski definition) is 0. The molecule has 0 bridgehead atoms. The Hall–Kier alpha value is -1.43. The number of carbonyl (C=O) groups is 1. The third-order valence-corrected chi connectivity index (χ3v) is 4.80. The van der Waals surface area contributed by atoms with Crippen LogP contribution >= 0.6 is 34.5 Å². The van der Waals surface area contributed by atoms with Crippen molar-refractivity contribution < 1.29 is 4.79 Å². The first-order chi connectivity index (χ1) is 10.0. The molecule has 0 N–H and O–H groups in total. The number of aldehydes is 1. The van der Waals surface area contributed by atoms with Crippen LogP contribution in [0.5, 0.6) is 0 Å². The van der Waals surface area contributed by atoms with Gasteiger partial charge in [-0.15, -0.1) is 0 Å². The first-order valence-corrected chi connectivity index (χ1v) is 7.88. The van der Waals surface area contributed by atoms with Crippen LogP contribution in [0.25, 0.3) is 16.2 Å². The van der Waals surface area contributed by atoms with Gasteiger partial charge in [-0.3, -0.25) is 4.79 Å². The fourth-order valence-electron chi connectivity index (χ4n) is 2.00. The highest BCUT2D eigenvalue weighted by Gasteiger charge is 2.20. The lowest BCUT2D eigenvalue weighted by Crippen LogP contribution is -1.96. The van der Waals surface area contributed by atoms with Gasteiger partial charge in [-0.1, -0.05) is 48.4 Å². The molecular formula is C14H11Cl2N3OS. The number of hydrogen-bond acceptors (Lipinski definition) is 4. The molecule has 2 aromatic heterocycles. The Morgan fingerprint density at radius 1 is 1.33 bits per heavy atom. The first-order valence-electron chi connectivity index (χ1n) is 6.31. The quantitative estimate of drug-likeness (QED) is 0.649. The third kappa shape index (κ3) is 2.46.